The molecule has 2 aromatic heterocycles. The second kappa shape index (κ2) is 10.3. The highest BCUT2D eigenvalue weighted by Crippen LogP contribution is 2.34. The van der Waals surface area contributed by atoms with Crippen LogP contribution in [0.2, 0.25) is 0 Å². The summed E-state index contributed by atoms with van der Waals surface area (Å²) in [4.78, 5) is 44.6. The summed E-state index contributed by atoms with van der Waals surface area (Å²) in [7, 11) is 0. The van der Waals surface area contributed by atoms with Gasteiger partial charge in [-0.05, 0) is 36.8 Å². The molecule has 0 saturated heterocycles. The van der Waals surface area contributed by atoms with Gasteiger partial charge in [-0.3, -0.25) is 24.3 Å². The van der Waals surface area contributed by atoms with Crippen molar-refractivity contribution in [1.82, 2.24) is 14.9 Å². The number of carbonyl (C=O) groups excluding carboxylic acids is 2. The maximum atomic E-state index is 13.3. The number of carbonyl (C=O) groups is 2. The molecule has 0 radical (unpaired) electrons. The van der Waals surface area contributed by atoms with Gasteiger partial charge in [0, 0.05) is 11.4 Å². The third-order valence-corrected chi connectivity index (χ3v) is 7.58. The Hall–Kier alpha value is -2.71. The van der Waals surface area contributed by atoms with Gasteiger partial charge in [-0.15, -0.1) is 17.9 Å². The Morgan fingerprint density at radius 2 is 1.94 bits per heavy atom. The van der Waals surface area contributed by atoms with Crippen LogP contribution in [0, 0.1) is 0 Å². The van der Waals surface area contributed by atoms with Crippen molar-refractivity contribution >= 4 is 45.1 Å². The van der Waals surface area contributed by atoms with Crippen LogP contribution < -0.4 is 10.9 Å². The van der Waals surface area contributed by atoms with Gasteiger partial charge in [0.25, 0.3) is 5.56 Å². The van der Waals surface area contributed by atoms with Crippen LogP contribution >= 0.6 is 23.1 Å². The van der Waals surface area contributed by atoms with Gasteiger partial charge < -0.3 is 0 Å². The molecule has 0 fully saturated rings. The van der Waals surface area contributed by atoms with Crippen molar-refractivity contribution in [3.8, 4) is 0 Å². The maximum Gasteiger partial charge on any atom is 0.263 e. The van der Waals surface area contributed by atoms with Gasteiger partial charge in [-0.1, -0.05) is 54.6 Å². The lowest BCUT2D eigenvalue weighted by atomic mass is 10.1. The summed E-state index contributed by atoms with van der Waals surface area (Å²) >= 11 is 2.76. The molecule has 3 aromatic rings. The number of fused-ring (bicyclic) bond motifs is 3. The number of imide groups is 1. The van der Waals surface area contributed by atoms with Crippen LogP contribution in [0.4, 0.5) is 0 Å². The molecule has 166 valence electrons. The Balaban J connectivity index is 1.51. The number of nitrogens with zero attached hydrogens (tertiary/aromatic N) is 2. The Morgan fingerprint density at radius 3 is 2.72 bits per heavy atom. The number of benzene rings is 1. The van der Waals surface area contributed by atoms with E-state index in [1.165, 1.54) is 23.1 Å². The first kappa shape index (κ1) is 22.5. The molecule has 2 heterocycles. The first-order chi connectivity index (χ1) is 15.6. The molecule has 1 N–H and O–H groups in total. The summed E-state index contributed by atoms with van der Waals surface area (Å²) in [5, 5.41) is 3.62. The Bertz CT molecular complexity index is 1210. The molecular weight excluding hydrogens is 442 g/mol. The number of thioether (sulfide) groups is 1. The predicted octanol–water partition coefficient (Wildman–Crippen LogP) is 3.89. The summed E-state index contributed by atoms with van der Waals surface area (Å²) in [5.41, 5.74) is 1.92. The topological polar surface area (TPSA) is 81.1 Å². The SMILES string of the molecule is C=CCn1c(SCC(=O)NC(=O)Cc2ccccc2)nc2sc3c(c2c1=O)CCCCC3. The number of aryl methyl sites for hydroxylation is 2. The molecule has 2 amide bonds. The van der Waals surface area contributed by atoms with E-state index in [-0.39, 0.29) is 23.6 Å². The lowest BCUT2D eigenvalue weighted by molar-refractivity contribution is -0.128. The second-order valence-corrected chi connectivity index (χ2v) is 9.79. The molecule has 8 heteroatoms. The highest BCUT2D eigenvalue weighted by atomic mass is 32.2. The van der Waals surface area contributed by atoms with Crippen LogP contribution in [-0.4, -0.2) is 27.1 Å². The first-order valence-corrected chi connectivity index (χ1v) is 12.5. The molecule has 32 heavy (non-hydrogen) atoms. The zero-order valence-corrected chi connectivity index (χ0v) is 19.4. The Kier molecular flexibility index (Phi) is 7.22. The quantitative estimate of drug-likeness (QED) is 0.247. The van der Waals surface area contributed by atoms with Gasteiger partial charge in [-0.2, -0.15) is 0 Å². The van der Waals surface area contributed by atoms with Gasteiger partial charge in [-0.25, -0.2) is 4.98 Å². The van der Waals surface area contributed by atoms with E-state index >= 15 is 0 Å². The fourth-order valence-electron chi connectivity index (χ4n) is 3.94. The van der Waals surface area contributed by atoms with Crippen LogP contribution in [0.25, 0.3) is 10.2 Å². The number of rotatable bonds is 7. The molecule has 1 aliphatic carbocycles. The molecule has 1 aromatic carbocycles. The number of nitrogens with one attached hydrogen (secondary N) is 1. The number of amides is 2. The number of hydrogen-bond donors (Lipinski definition) is 1. The largest absolute Gasteiger partial charge is 0.295 e. The number of aromatic nitrogens is 2. The summed E-state index contributed by atoms with van der Waals surface area (Å²) in [5.74, 6) is -0.756. The Labute approximate surface area is 194 Å². The van der Waals surface area contributed by atoms with Crippen LogP contribution in [-0.2, 0) is 35.4 Å². The summed E-state index contributed by atoms with van der Waals surface area (Å²) in [6, 6.07) is 9.26. The molecule has 0 spiro atoms. The number of hydrogen-bond acceptors (Lipinski definition) is 6. The van der Waals surface area contributed by atoms with Crippen molar-refractivity contribution in [2.24, 2.45) is 0 Å². The molecule has 0 aliphatic heterocycles. The summed E-state index contributed by atoms with van der Waals surface area (Å²) in [6.45, 7) is 4.09. The van der Waals surface area contributed by atoms with E-state index in [0.29, 0.717) is 11.7 Å². The van der Waals surface area contributed by atoms with E-state index in [0.717, 1.165) is 47.0 Å². The first-order valence-electron chi connectivity index (χ1n) is 10.7. The number of allylic oxidation sites excluding steroid dienone is 1. The molecule has 0 atom stereocenters. The van der Waals surface area contributed by atoms with Gasteiger partial charge in [0.2, 0.25) is 11.8 Å². The van der Waals surface area contributed by atoms with E-state index < -0.39 is 5.91 Å². The third-order valence-electron chi connectivity index (χ3n) is 5.42. The van der Waals surface area contributed by atoms with Crippen molar-refractivity contribution in [2.45, 2.75) is 50.2 Å². The zero-order valence-electron chi connectivity index (χ0n) is 17.8. The lowest BCUT2D eigenvalue weighted by Crippen LogP contribution is -2.33. The minimum absolute atomic E-state index is 0.000703. The minimum atomic E-state index is -0.405. The minimum Gasteiger partial charge on any atom is -0.295 e. The molecule has 6 nitrogen and oxygen atoms in total. The van der Waals surface area contributed by atoms with Gasteiger partial charge in [0.05, 0.1) is 17.6 Å². The lowest BCUT2D eigenvalue weighted by Gasteiger charge is -2.10. The summed E-state index contributed by atoms with van der Waals surface area (Å²) < 4.78 is 1.58. The van der Waals surface area contributed by atoms with Crippen molar-refractivity contribution in [3.05, 3.63) is 69.3 Å². The van der Waals surface area contributed by atoms with Crippen LogP contribution in [0.5, 0.6) is 0 Å². The summed E-state index contributed by atoms with van der Waals surface area (Å²) in [6.07, 6.45) is 7.12. The molecule has 4 rings (SSSR count). The average molecular weight is 468 g/mol. The van der Waals surface area contributed by atoms with Crippen LogP contribution in [0.15, 0.2) is 52.9 Å². The zero-order chi connectivity index (χ0) is 22.5. The van der Waals surface area contributed by atoms with Gasteiger partial charge in [0.1, 0.15) is 4.83 Å². The molecule has 0 unspecified atom stereocenters. The maximum absolute atomic E-state index is 13.3. The van der Waals surface area contributed by atoms with E-state index in [9.17, 15) is 14.4 Å². The molecule has 1 aliphatic rings. The van der Waals surface area contributed by atoms with Gasteiger partial charge >= 0.3 is 0 Å². The van der Waals surface area contributed by atoms with Crippen molar-refractivity contribution in [2.75, 3.05) is 5.75 Å². The van der Waals surface area contributed by atoms with E-state index in [2.05, 4.69) is 11.9 Å². The fourth-order valence-corrected chi connectivity index (χ4v) is 6.06. The standard InChI is InChI=1S/C24H25N3O3S2/c1-2-13-27-23(30)21-17-11-7-4-8-12-18(17)32-22(21)26-24(27)31-15-20(29)25-19(28)14-16-9-5-3-6-10-16/h2-3,5-6,9-10H,1,4,7-8,11-15H2,(H,25,28,29). The Morgan fingerprint density at radius 1 is 1.16 bits per heavy atom. The molecular formula is C24H25N3O3S2. The van der Waals surface area contributed by atoms with E-state index in [1.807, 2.05) is 30.3 Å². The van der Waals surface area contributed by atoms with Crippen LogP contribution in [0.1, 0.15) is 35.3 Å². The van der Waals surface area contributed by atoms with Crippen molar-refractivity contribution < 1.29 is 9.59 Å². The highest BCUT2D eigenvalue weighted by molar-refractivity contribution is 7.99. The van der Waals surface area contributed by atoms with Crippen molar-refractivity contribution in [3.63, 3.8) is 0 Å². The number of thiophene rings is 1. The predicted molar refractivity (Wildman–Crippen MR) is 129 cm³/mol. The van der Waals surface area contributed by atoms with Crippen molar-refractivity contribution in [1.29, 1.82) is 0 Å². The smallest absolute Gasteiger partial charge is 0.263 e. The van der Waals surface area contributed by atoms with Crippen LogP contribution in [0.3, 0.4) is 0 Å². The molecule has 0 saturated carbocycles. The van der Waals surface area contributed by atoms with E-state index in [1.54, 1.807) is 22.0 Å². The van der Waals surface area contributed by atoms with Gasteiger partial charge in [0.15, 0.2) is 5.16 Å². The normalized spacial score (nSPS) is 13.4. The fraction of sp³-hybridized carbons (Fsp3) is 0.333. The van der Waals surface area contributed by atoms with E-state index in [4.69, 9.17) is 4.98 Å². The molecule has 0 bridgehead atoms. The average Bonchev–Trinajstić information content (AvgIpc) is 2.96. The second-order valence-electron chi connectivity index (χ2n) is 7.77. The third kappa shape index (κ3) is 5.02. The highest BCUT2D eigenvalue weighted by Gasteiger charge is 2.22. The monoisotopic (exact) mass is 467 g/mol.